The van der Waals surface area contributed by atoms with Crippen molar-refractivity contribution in [3.05, 3.63) is 35.9 Å². The van der Waals surface area contributed by atoms with Gasteiger partial charge in [0.25, 0.3) is 0 Å². The molecule has 3 aromatic carbocycles. The Hall–Kier alpha value is -3.85. The van der Waals surface area contributed by atoms with Gasteiger partial charge < -0.3 is 43.7 Å². The molecular formula is C26H32B2O9. The molecule has 3 rings (SSSR count). The van der Waals surface area contributed by atoms with E-state index in [1.807, 2.05) is 15.7 Å². The molecule has 0 amide bonds. The summed E-state index contributed by atoms with van der Waals surface area (Å²) in [4.78, 5) is 0. The Morgan fingerprint density at radius 1 is 0.676 bits per heavy atom. The largest absolute Gasteiger partial charge is 0.504 e. The Balaban J connectivity index is 2.20. The van der Waals surface area contributed by atoms with Crippen molar-refractivity contribution < 1.29 is 43.7 Å². The fraction of sp³-hybridized carbons (Fsp3) is 0.308. The van der Waals surface area contributed by atoms with Crippen molar-refractivity contribution in [1.29, 1.82) is 0 Å². The zero-order valence-corrected chi connectivity index (χ0v) is 22.2. The third-order valence-corrected chi connectivity index (χ3v) is 5.98. The number of hydrogen-bond acceptors (Lipinski definition) is 9. The summed E-state index contributed by atoms with van der Waals surface area (Å²) in [5.41, 5.74) is 3.10. The molecular weight excluding hydrogens is 478 g/mol. The number of benzene rings is 3. The second kappa shape index (κ2) is 11.9. The molecule has 1 unspecified atom stereocenters. The van der Waals surface area contributed by atoms with Crippen LogP contribution < -0.4 is 39.3 Å². The van der Waals surface area contributed by atoms with Crippen LogP contribution in [0.15, 0.2) is 30.3 Å². The first-order valence-electron chi connectivity index (χ1n) is 11.6. The van der Waals surface area contributed by atoms with Crippen molar-refractivity contribution in [2.45, 2.75) is 12.5 Å². The van der Waals surface area contributed by atoms with Gasteiger partial charge in [0.2, 0.25) is 11.5 Å². The van der Waals surface area contributed by atoms with Crippen molar-refractivity contribution in [2.24, 2.45) is 0 Å². The third kappa shape index (κ3) is 5.61. The number of ether oxygens (including phenoxy) is 6. The van der Waals surface area contributed by atoms with E-state index in [0.717, 1.165) is 10.9 Å². The summed E-state index contributed by atoms with van der Waals surface area (Å²) < 4.78 is 33.5. The maximum absolute atomic E-state index is 11.0. The molecule has 196 valence electrons. The first-order chi connectivity index (χ1) is 17.7. The van der Waals surface area contributed by atoms with Gasteiger partial charge >= 0.3 is 0 Å². The quantitative estimate of drug-likeness (QED) is 0.314. The van der Waals surface area contributed by atoms with Crippen LogP contribution >= 0.6 is 0 Å². The summed E-state index contributed by atoms with van der Waals surface area (Å²) in [6.07, 6.45) is -0.619. The van der Waals surface area contributed by atoms with E-state index >= 15 is 0 Å². The van der Waals surface area contributed by atoms with E-state index in [1.54, 1.807) is 30.3 Å². The Kier molecular flexibility index (Phi) is 8.94. The minimum absolute atomic E-state index is 0.0967. The van der Waals surface area contributed by atoms with Crippen molar-refractivity contribution in [3.8, 4) is 57.1 Å². The molecule has 3 aromatic rings. The van der Waals surface area contributed by atoms with Gasteiger partial charge in [-0.3, -0.25) is 0 Å². The first kappa shape index (κ1) is 27.7. The van der Waals surface area contributed by atoms with Gasteiger partial charge in [0, 0.05) is 17.5 Å². The van der Waals surface area contributed by atoms with Crippen LogP contribution in [0.5, 0.6) is 46.0 Å². The number of phenolic OH excluding ortho intramolecular Hbond substituents is 2. The molecule has 0 radical (unpaired) electrons. The summed E-state index contributed by atoms with van der Waals surface area (Å²) in [6.45, 7) is -0.353. The fourth-order valence-corrected chi connectivity index (χ4v) is 4.26. The van der Waals surface area contributed by atoms with E-state index < -0.39 is 6.10 Å². The first-order valence-corrected chi connectivity index (χ1v) is 11.6. The summed E-state index contributed by atoms with van der Waals surface area (Å²) in [5.74, 6) is 1.43. The van der Waals surface area contributed by atoms with Crippen LogP contribution in [0.3, 0.4) is 0 Å². The van der Waals surface area contributed by atoms with Crippen LogP contribution in [0, 0.1) is 0 Å². The standard InChI is InChI=1S/C26H32B2O9/c1-32-18-7-13(6-16(12-29)37-25-20(34-3)10-15(28)11-21(25)35-4)22(26(36-5)24(18)31)17-8-14(27)9-19(33-2)23(17)30/h7-11,16,29-31H,6,12,27-28H2,1-5H3. The summed E-state index contributed by atoms with van der Waals surface area (Å²) in [6, 6.07) is 8.69. The number of aliphatic hydroxyl groups excluding tert-OH is 1. The van der Waals surface area contributed by atoms with Crippen LogP contribution in [0.2, 0.25) is 0 Å². The second-order valence-corrected chi connectivity index (χ2v) is 8.48. The molecule has 0 spiro atoms. The molecule has 0 aromatic heterocycles. The molecule has 0 heterocycles. The SMILES string of the molecule is Bc1cc(OC)c(OC(CO)Cc2cc(OC)c(O)c(OC)c2-c2cc(B)cc(OC)c2O)c(OC)c1. The highest BCUT2D eigenvalue weighted by molar-refractivity contribution is 6.33. The fourth-order valence-electron chi connectivity index (χ4n) is 4.26. The van der Waals surface area contributed by atoms with E-state index in [9.17, 15) is 15.3 Å². The highest BCUT2D eigenvalue weighted by atomic mass is 16.5. The molecule has 0 bridgehead atoms. The monoisotopic (exact) mass is 510 g/mol. The van der Waals surface area contributed by atoms with Crippen LogP contribution in [-0.2, 0) is 6.42 Å². The molecule has 37 heavy (non-hydrogen) atoms. The lowest BCUT2D eigenvalue weighted by Crippen LogP contribution is -2.25. The maximum Gasteiger partial charge on any atom is 0.203 e. The summed E-state index contributed by atoms with van der Waals surface area (Å²) >= 11 is 0. The summed E-state index contributed by atoms with van der Waals surface area (Å²) in [5, 5.41) is 32.2. The van der Waals surface area contributed by atoms with Crippen molar-refractivity contribution in [1.82, 2.24) is 0 Å². The highest BCUT2D eigenvalue weighted by Gasteiger charge is 2.27. The van der Waals surface area contributed by atoms with E-state index in [0.29, 0.717) is 33.9 Å². The van der Waals surface area contributed by atoms with Gasteiger partial charge in [-0.15, -0.1) is 0 Å². The van der Waals surface area contributed by atoms with Gasteiger partial charge in [0.15, 0.2) is 34.5 Å². The number of methoxy groups -OCH3 is 5. The Bertz CT molecular complexity index is 1240. The van der Waals surface area contributed by atoms with Crippen LogP contribution in [0.1, 0.15) is 5.56 Å². The molecule has 1 atom stereocenters. The number of hydrogen-bond donors (Lipinski definition) is 3. The molecule has 11 heteroatoms. The van der Waals surface area contributed by atoms with Crippen LogP contribution in [-0.4, -0.2) is 79.3 Å². The maximum atomic E-state index is 11.0. The average Bonchev–Trinajstić information content (AvgIpc) is 2.90. The third-order valence-electron chi connectivity index (χ3n) is 5.98. The van der Waals surface area contributed by atoms with Gasteiger partial charge in [-0.25, -0.2) is 0 Å². The molecule has 9 nitrogen and oxygen atoms in total. The number of phenols is 2. The zero-order valence-electron chi connectivity index (χ0n) is 22.2. The Labute approximate surface area is 218 Å². The normalized spacial score (nSPS) is 11.5. The van der Waals surface area contributed by atoms with Gasteiger partial charge in [-0.2, -0.15) is 0 Å². The molecule has 0 fully saturated rings. The van der Waals surface area contributed by atoms with Gasteiger partial charge in [-0.1, -0.05) is 17.0 Å². The lowest BCUT2D eigenvalue weighted by Gasteiger charge is -2.24. The van der Waals surface area contributed by atoms with Crippen molar-refractivity contribution in [3.63, 3.8) is 0 Å². The topological polar surface area (TPSA) is 116 Å². The molecule has 0 aliphatic carbocycles. The lowest BCUT2D eigenvalue weighted by molar-refractivity contribution is 0.109. The highest BCUT2D eigenvalue weighted by Crippen LogP contribution is 2.50. The molecule has 0 saturated carbocycles. The van der Waals surface area contributed by atoms with E-state index in [2.05, 4.69) is 0 Å². The molecule has 3 N–H and O–H groups in total. The lowest BCUT2D eigenvalue weighted by atomic mass is 9.87. The minimum Gasteiger partial charge on any atom is -0.504 e. The smallest absolute Gasteiger partial charge is 0.203 e. The Morgan fingerprint density at radius 2 is 1.19 bits per heavy atom. The summed E-state index contributed by atoms with van der Waals surface area (Å²) in [7, 11) is 11.1. The predicted molar refractivity (Wildman–Crippen MR) is 146 cm³/mol. The van der Waals surface area contributed by atoms with E-state index in [1.165, 1.54) is 35.5 Å². The van der Waals surface area contributed by atoms with Gasteiger partial charge in [-0.05, 0) is 29.8 Å². The molecule has 0 aliphatic heterocycles. The van der Waals surface area contributed by atoms with Gasteiger partial charge in [0.05, 0.1) is 42.2 Å². The predicted octanol–water partition coefficient (Wildman–Crippen LogP) is 0.307. The average molecular weight is 510 g/mol. The second-order valence-electron chi connectivity index (χ2n) is 8.48. The Morgan fingerprint density at radius 3 is 1.70 bits per heavy atom. The van der Waals surface area contributed by atoms with Gasteiger partial charge in [0.1, 0.15) is 21.8 Å². The number of rotatable bonds is 11. The van der Waals surface area contributed by atoms with E-state index in [4.69, 9.17) is 28.4 Å². The number of aliphatic hydroxyl groups is 1. The number of aromatic hydroxyl groups is 2. The zero-order chi connectivity index (χ0) is 27.3. The van der Waals surface area contributed by atoms with Crippen LogP contribution in [0.25, 0.3) is 11.1 Å². The van der Waals surface area contributed by atoms with Crippen molar-refractivity contribution >= 4 is 26.6 Å². The molecule has 0 saturated heterocycles. The van der Waals surface area contributed by atoms with Crippen LogP contribution in [0.4, 0.5) is 0 Å². The minimum atomic E-state index is -0.767. The molecule has 0 aliphatic rings. The van der Waals surface area contributed by atoms with Crippen molar-refractivity contribution in [2.75, 3.05) is 42.2 Å². The van der Waals surface area contributed by atoms with E-state index in [-0.39, 0.29) is 41.8 Å².